The van der Waals surface area contributed by atoms with Crippen molar-refractivity contribution < 1.29 is 27.1 Å². The first-order chi connectivity index (χ1) is 13.8. The first-order valence-corrected chi connectivity index (χ1v) is 8.86. The van der Waals surface area contributed by atoms with Gasteiger partial charge in [0.25, 0.3) is 0 Å². The van der Waals surface area contributed by atoms with Gasteiger partial charge in [-0.15, -0.1) is 0 Å². The number of rotatable bonds is 7. The first kappa shape index (κ1) is 20.5. The number of hydrogen-bond acceptors (Lipinski definition) is 2. The predicted octanol–water partition coefficient (Wildman–Crippen LogP) is 4.29. The number of halogens is 4. The standard InChI is InChI=1S/C20H19F4N3O2/c21-15-3-6-17-14(11-26-18(17)9-15)7-8-25-19(28)27-10-13-1-4-16(5-2-13)29-12-20(22,23)24/h1-6,9,11,26H,7-8,10,12H2,(H2,25,27,28). The zero-order valence-corrected chi connectivity index (χ0v) is 15.3. The third kappa shape index (κ3) is 6.13. The fourth-order valence-corrected chi connectivity index (χ4v) is 2.79. The summed E-state index contributed by atoms with van der Waals surface area (Å²) in [4.78, 5) is 14.9. The summed E-state index contributed by atoms with van der Waals surface area (Å²) in [6.45, 7) is -0.740. The maximum Gasteiger partial charge on any atom is 0.422 e. The van der Waals surface area contributed by atoms with Crippen LogP contribution in [0.25, 0.3) is 10.9 Å². The number of carbonyl (C=O) groups is 1. The van der Waals surface area contributed by atoms with Crippen molar-refractivity contribution in [3.63, 3.8) is 0 Å². The van der Waals surface area contributed by atoms with Crippen LogP contribution in [0.15, 0.2) is 48.7 Å². The van der Waals surface area contributed by atoms with E-state index in [-0.39, 0.29) is 24.1 Å². The van der Waals surface area contributed by atoms with E-state index in [0.29, 0.717) is 18.5 Å². The van der Waals surface area contributed by atoms with Gasteiger partial charge in [0.15, 0.2) is 6.61 Å². The van der Waals surface area contributed by atoms with Crippen molar-refractivity contribution in [2.45, 2.75) is 19.1 Å². The lowest BCUT2D eigenvalue weighted by molar-refractivity contribution is -0.153. The van der Waals surface area contributed by atoms with Gasteiger partial charge in [-0.3, -0.25) is 0 Å². The van der Waals surface area contributed by atoms with Crippen molar-refractivity contribution >= 4 is 16.9 Å². The highest BCUT2D eigenvalue weighted by Crippen LogP contribution is 2.20. The maximum absolute atomic E-state index is 13.2. The number of fused-ring (bicyclic) bond motifs is 1. The first-order valence-electron chi connectivity index (χ1n) is 8.86. The van der Waals surface area contributed by atoms with Crippen LogP contribution < -0.4 is 15.4 Å². The highest BCUT2D eigenvalue weighted by Gasteiger charge is 2.28. The Bertz CT molecular complexity index is 968. The summed E-state index contributed by atoms with van der Waals surface area (Å²) in [5.74, 6) is -0.211. The molecule has 0 bridgehead atoms. The van der Waals surface area contributed by atoms with E-state index in [2.05, 4.69) is 20.4 Å². The molecular formula is C20H19F4N3O2. The molecule has 3 rings (SSSR count). The van der Waals surface area contributed by atoms with Crippen molar-refractivity contribution in [1.29, 1.82) is 0 Å². The Morgan fingerprint density at radius 2 is 1.83 bits per heavy atom. The van der Waals surface area contributed by atoms with Crippen LogP contribution in [0, 0.1) is 5.82 Å². The van der Waals surface area contributed by atoms with Crippen molar-refractivity contribution in [2.75, 3.05) is 13.2 Å². The molecule has 0 unspecified atom stereocenters. The highest BCUT2D eigenvalue weighted by atomic mass is 19.4. The Morgan fingerprint density at radius 1 is 1.07 bits per heavy atom. The second-order valence-corrected chi connectivity index (χ2v) is 6.41. The molecule has 0 aliphatic heterocycles. The molecule has 3 N–H and O–H groups in total. The number of urea groups is 1. The summed E-state index contributed by atoms with van der Waals surface area (Å²) in [6, 6.07) is 10.1. The van der Waals surface area contributed by atoms with Gasteiger partial charge in [0.2, 0.25) is 0 Å². The van der Waals surface area contributed by atoms with Crippen LogP contribution in [-0.4, -0.2) is 30.3 Å². The van der Waals surface area contributed by atoms with Crippen LogP contribution in [0.3, 0.4) is 0 Å². The maximum atomic E-state index is 13.2. The van der Waals surface area contributed by atoms with Crippen molar-refractivity contribution in [3.8, 4) is 5.75 Å². The fourth-order valence-electron chi connectivity index (χ4n) is 2.79. The number of aromatic amines is 1. The second-order valence-electron chi connectivity index (χ2n) is 6.41. The number of nitrogens with one attached hydrogen (secondary N) is 3. The number of benzene rings is 2. The molecule has 0 radical (unpaired) electrons. The zero-order valence-electron chi connectivity index (χ0n) is 15.3. The molecule has 0 aliphatic carbocycles. The highest BCUT2D eigenvalue weighted by molar-refractivity contribution is 5.83. The normalized spacial score (nSPS) is 11.4. The minimum absolute atomic E-state index is 0.106. The van der Waals surface area contributed by atoms with E-state index < -0.39 is 12.8 Å². The summed E-state index contributed by atoms with van der Waals surface area (Å²) in [5, 5.41) is 6.30. The van der Waals surface area contributed by atoms with Crippen LogP contribution in [-0.2, 0) is 13.0 Å². The number of carbonyl (C=O) groups excluding carboxylic acids is 1. The van der Waals surface area contributed by atoms with Gasteiger partial charge in [-0.05, 0) is 47.9 Å². The number of H-pyrrole nitrogens is 1. The minimum atomic E-state index is -4.39. The summed E-state index contributed by atoms with van der Waals surface area (Å²) >= 11 is 0. The molecule has 0 saturated carbocycles. The summed E-state index contributed by atoms with van der Waals surface area (Å²) in [6.07, 6.45) is -2.03. The van der Waals surface area contributed by atoms with Gasteiger partial charge >= 0.3 is 12.2 Å². The van der Waals surface area contributed by atoms with Gasteiger partial charge in [0, 0.05) is 30.2 Å². The lowest BCUT2D eigenvalue weighted by Crippen LogP contribution is -2.36. The van der Waals surface area contributed by atoms with E-state index in [9.17, 15) is 22.4 Å². The summed E-state index contributed by atoms with van der Waals surface area (Å²) < 4.78 is 54.2. The zero-order chi connectivity index (χ0) is 20.9. The van der Waals surface area contributed by atoms with Crippen LogP contribution in [0.1, 0.15) is 11.1 Å². The van der Waals surface area contributed by atoms with Crippen molar-refractivity contribution in [1.82, 2.24) is 15.6 Å². The van der Waals surface area contributed by atoms with E-state index in [4.69, 9.17) is 0 Å². The van der Waals surface area contributed by atoms with E-state index in [1.165, 1.54) is 24.3 Å². The molecule has 5 nitrogen and oxygen atoms in total. The molecule has 29 heavy (non-hydrogen) atoms. The average Bonchev–Trinajstić information content (AvgIpc) is 3.07. The number of aromatic nitrogens is 1. The van der Waals surface area contributed by atoms with E-state index >= 15 is 0 Å². The quantitative estimate of drug-likeness (QED) is 0.510. The lowest BCUT2D eigenvalue weighted by atomic mass is 10.1. The Balaban J connectivity index is 1.40. The van der Waals surface area contributed by atoms with Crippen molar-refractivity contribution in [3.05, 3.63) is 65.6 Å². The van der Waals surface area contributed by atoms with Crippen LogP contribution in [0.4, 0.5) is 22.4 Å². The molecular weight excluding hydrogens is 390 g/mol. The third-order valence-corrected chi connectivity index (χ3v) is 4.19. The fraction of sp³-hybridized carbons (Fsp3) is 0.250. The Morgan fingerprint density at radius 3 is 2.55 bits per heavy atom. The van der Waals surface area contributed by atoms with E-state index in [1.807, 2.05) is 0 Å². The Kier molecular flexibility index (Phi) is 6.26. The van der Waals surface area contributed by atoms with Gasteiger partial charge in [0.1, 0.15) is 11.6 Å². The smallest absolute Gasteiger partial charge is 0.422 e. The Hall–Kier alpha value is -3.23. The lowest BCUT2D eigenvalue weighted by Gasteiger charge is -2.10. The van der Waals surface area contributed by atoms with Crippen LogP contribution >= 0.6 is 0 Å². The molecule has 0 spiro atoms. The van der Waals surface area contributed by atoms with E-state index in [1.54, 1.807) is 24.4 Å². The van der Waals surface area contributed by atoms with Gasteiger partial charge < -0.3 is 20.4 Å². The molecule has 154 valence electrons. The molecule has 1 aromatic heterocycles. The molecule has 2 amide bonds. The molecule has 0 saturated heterocycles. The second kappa shape index (κ2) is 8.85. The third-order valence-electron chi connectivity index (χ3n) is 4.19. The number of alkyl halides is 3. The molecule has 0 fully saturated rings. The molecule has 2 aromatic carbocycles. The molecule has 1 heterocycles. The minimum Gasteiger partial charge on any atom is -0.484 e. The summed E-state index contributed by atoms with van der Waals surface area (Å²) in [7, 11) is 0. The van der Waals surface area contributed by atoms with Crippen LogP contribution in [0.5, 0.6) is 5.75 Å². The van der Waals surface area contributed by atoms with Gasteiger partial charge in [-0.1, -0.05) is 12.1 Å². The average molecular weight is 409 g/mol. The molecule has 0 atom stereocenters. The number of ether oxygens (including phenoxy) is 1. The van der Waals surface area contributed by atoms with Gasteiger partial charge in [0.05, 0.1) is 0 Å². The van der Waals surface area contributed by atoms with Gasteiger partial charge in [-0.25, -0.2) is 9.18 Å². The number of hydrogen-bond donors (Lipinski definition) is 3. The topological polar surface area (TPSA) is 66.2 Å². The van der Waals surface area contributed by atoms with Crippen LogP contribution in [0.2, 0.25) is 0 Å². The van der Waals surface area contributed by atoms with Crippen molar-refractivity contribution in [2.24, 2.45) is 0 Å². The molecule has 0 aliphatic rings. The Labute approximate surface area is 164 Å². The summed E-state index contributed by atoms with van der Waals surface area (Å²) in [5.41, 5.74) is 2.39. The monoisotopic (exact) mass is 409 g/mol. The largest absolute Gasteiger partial charge is 0.484 e. The number of amides is 2. The van der Waals surface area contributed by atoms with Gasteiger partial charge in [-0.2, -0.15) is 13.2 Å². The predicted molar refractivity (Wildman–Crippen MR) is 100 cm³/mol. The van der Waals surface area contributed by atoms with E-state index in [0.717, 1.165) is 16.5 Å². The molecule has 3 aromatic rings. The molecule has 9 heteroatoms. The SMILES string of the molecule is O=C(NCCc1c[nH]c2cc(F)ccc12)NCc1ccc(OCC(F)(F)F)cc1.